The molecule has 0 N–H and O–H groups in total. The van der Waals surface area contributed by atoms with E-state index >= 15 is 0 Å². The number of piperidine rings is 1. The average molecular weight is 366 g/mol. The number of carbonyl (C=O) groups is 2. The molecule has 0 aliphatic carbocycles. The number of amides is 2. The molecular weight excluding hydrogens is 330 g/mol. The molecule has 3 aliphatic rings. The molecule has 3 aliphatic heterocycles. The molecule has 0 aromatic carbocycles. The second kappa shape index (κ2) is 8.70. The average Bonchev–Trinajstić information content (AvgIpc) is 2.80. The van der Waals surface area contributed by atoms with Gasteiger partial charge in [-0.15, -0.1) is 0 Å². The molecule has 2 amide bonds. The maximum Gasteiger partial charge on any atom is 0.236 e. The molecular formula is C20H35N3O3. The van der Waals surface area contributed by atoms with Crippen molar-refractivity contribution in [2.45, 2.75) is 45.4 Å². The molecule has 0 aromatic heterocycles. The summed E-state index contributed by atoms with van der Waals surface area (Å²) in [6.07, 6.45) is 6.99. The Bertz CT molecular complexity index is 495. The lowest BCUT2D eigenvalue weighted by molar-refractivity contribution is -0.135. The summed E-state index contributed by atoms with van der Waals surface area (Å²) >= 11 is 0. The van der Waals surface area contributed by atoms with Crippen molar-refractivity contribution < 1.29 is 14.3 Å². The normalized spacial score (nSPS) is 26.9. The molecule has 1 spiro atoms. The van der Waals surface area contributed by atoms with Crippen LogP contribution in [0.15, 0.2) is 0 Å². The summed E-state index contributed by atoms with van der Waals surface area (Å²) in [7, 11) is 1.74. The lowest BCUT2D eigenvalue weighted by Gasteiger charge is -2.42. The maximum atomic E-state index is 12.8. The van der Waals surface area contributed by atoms with E-state index in [-0.39, 0.29) is 17.2 Å². The molecule has 0 aromatic rings. The van der Waals surface area contributed by atoms with Crippen molar-refractivity contribution in [2.75, 3.05) is 59.5 Å². The third-order valence-electron chi connectivity index (χ3n) is 6.80. The number of likely N-dealkylation sites (tertiary alicyclic amines) is 3. The molecule has 6 heteroatoms. The van der Waals surface area contributed by atoms with E-state index in [9.17, 15) is 9.59 Å². The molecule has 1 unspecified atom stereocenters. The highest BCUT2D eigenvalue weighted by molar-refractivity contribution is 5.78. The topological polar surface area (TPSA) is 53.1 Å². The van der Waals surface area contributed by atoms with Crippen molar-refractivity contribution in [3.8, 4) is 0 Å². The third kappa shape index (κ3) is 4.39. The Labute approximate surface area is 157 Å². The number of rotatable bonds is 4. The van der Waals surface area contributed by atoms with Gasteiger partial charge >= 0.3 is 0 Å². The largest absolute Gasteiger partial charge is 0.384 e. The predicted octanol–water partition coefficient (Wildman–Crippen LogP) is 1.60. The first-order chi connectivity index (χ1) is 12.5. The van der Waals surface area contributed by atoms with Crippen LogP contribution in [-0.4, -0.2) is 86.0 Å². The van der Waals surface area contributed by atoms with E-state index in [1.807, 2.05) is 4.90 Å². The van der Waals surface area contributed by atoms with Crippen LogP contribution in [0.4, 0.5) is 0 Å². The van der Waals surface area contributed by atoms with E-state index < -0.39 is 0 Å². The van der Waals surface area contributed by atoms with E-state index in [2.05, 4.69) is 9.80 Å². The molecule has 148 valence electrons. The Kier molecular flexibility index (Phi) is 6.56. The Morgan fingerprint density at radius 1 is 1.00 bits per heavy atom. The number of carbonyl (C=O) groups excluding carboxylic acids is 2. The van der Waals surface area contributed by atoms with Crippen LogP contribution in [0.2, 0.25) is 0 Å². The lowest BCUT2D eigenvalue weighted by atomic mass is 9.71. The van der Waals surface area contributed by atoms with Crippen molar-refractivity contribution >= 4 is 11.8 Å². The van der Waals surface area contributed by atoms with Crippen molar-refractivity contribution in [2.24, 2.45) is 11.3 Å². The minimum Gasteiger partial charge on any atom is -0.384 e. The minimum absolute atomic E-state index is 0.126. The highest BCUT2D eigenvalue weighted by atomic mass is 16.5. The Morgan fingerprint density at radius 3 is 2.23 bits per heavy atom. The molecule has 3 rings (SSSR count). The van der Waals surface area contributed by atoms with Gasteiger partial charge in [0.2, 0.25) is 11.8 Å². The summed E-state index contributed by atoms with van der Waals surface area (Å²) in [5, 5.41) is 0. The second-order valence-electron chi connectivity index (χ2n) is 8.49. The van der Waals surface area contributed by atoms with E-state index in [0.29, 0.717) is 19.1 Å². The Morgan fingerprint density at radius 2 is 1.65 bits per heavy atom. The van der Waals surface area contributed by atoms with Crippen LogP contribution in [0.1, 0.15) is 45.4 Å². The summed E-state index contributed by atoms with van der Waals surface area (Å²) in [6.45, 7) is 8.31. The van der Waals surface area contributed by atoms with Gasteiger partial charge in [0.25, 0.3) is 0 Å². The van der Waals surface area contributed by atoms with Crippen LogP contribution in [0, 0.1) is 11.3 Å². The zero-order valence-electron chi connectivity index (χ0n) is 16.5. The maximum absolute atomic E-state index is 12.8. The fourth-order valence-corrected chi connectivity index (χ4v) is 5.06. The summed E-state index contributed by atoms with van der Waals surface area (Å²) in [5.41, 5.74) is 0.126. The van der Waals surface area contributed by atoms with Gasteiger partial charge in [-0.3, -0.25) is 14.5 Å². The Hall–Kier alpha value is -1.14. The Balaban J connectivity index is 1.55. The lowest BCUT2D eigenvalue weighted by Crippen LogP contribution is -2.49. The van der Waals surface area contributed by atoms with Gasteiger partial charge in [-0.2, -0.15) is 0 Å². The fraction of sp³-hybridized carbons (Fsp3) is 0.900. The summed E-state index contributed by atoms with van der Waals surface area (Å²) < 4.78 is 5.44. The van der Waals surface area contributed by atoms with Gasteiger partial charge in [0, 0.05) is 46.1 Å². The van der Waals surface area contributed by atoms with Gasteiger partial charge in [-0.1, -0.05) is 12.8 Å². The van der Waals surface area contributed by atoms with Gasteiger partial charge in [0.1, 0.15) is 0 Å². The summed E-state index contributed by atoms with van der Waals surface area (Å²) in [5.74, 6) is 0.827. The SMILES string of the molecule is COCC1CN(C(C)=O)CC12CCN(C(=O)CN1CCCCCC1)CC2. The smallest absolute Gasteiger partial charge is 0.236 e. The predicted molar refractivity (Wildman–Crippen MR) is 101 cm³/mol. The van der Waals surface area contributed by atoms with Gasteiger partial charge in [0.15, 0.2) is 0 Å². The van der Waals surface area contributed by atoms with Crippen molar-refractivity contribution in [3.05, 3.63) is 0 Å². The third-order valence-corrected chi connectivity index (χ3v) is 6.80. The van der Waals surface area contributed by atoms with E-state index in [1.54, 1.807) is 14.0 Å². The quantitative estimate of drug-likeness (QED) is 0.759. The van der Waals surface area contributed by atoms with Gasteiger partial charge in [0.05, 0.1) is 13.2 Å². The minimum atomic E-state index is 0.126. The molecule has 3 fully saturated rings. The zero-order chi connectivity index (χ0) is 18.6. The number of hydrogen-bond acceptors (Lipinski definition) is 4. The molecule has 0 radical (unpaired) electrons. The molecule has 6 nitrogen and oxygen atoms in total. The number of methoxy groups -OCH3 is 1. The van der Waals surface area contributed by atoms with Crippen molar-refractivity contribution in [1.29, 1.82) is 0 Å². The van der Waals surface area contributed by atoms with E-state index in [0.717, 1.165) is 52.1 Å². The highest BCUT2D eigenvalue weighted by Gasteiger charge is 2.49. The molecule has 0 bridgehead atoms. The number of nitrogens with zero attached hydrogens (tertiary/aromatic N) is 3. The standard InChI is InChI=1S/C20H35N3O3/c1-17(24)23-13-18(15-26-2)20(16-23)7-11-22(12-8-20)19(25)14-21-9-5-3-4-6-10-21/h18H,3-16H2,1-2H3. The van der Waals surface area contributed by atoms with E-state index in [4.69, 9.17) is 4.74 Å². The van der Waals surface area contributed by atoms with Gasteiger partial charge < -0.3 is 14.5 Å². The van der Waals surface area contributed by atoms with Crippen LogP contribution < -0.4 is 0 Å². The van der Waals surface area contributed by atoms with E-state index in [1.165, 1.54) is 25.7 Å². The monoisotopic (exact) mass is 365 g/mol. The van der Waals surface area contributed by atoms with Crippen molar-refractivity contribution in [3.63, 3.8) is 0 Å². The van der Waals surface area contributed by atoms with Crippen LogP contribution in [0.25, 0.3) is 0 Å². The van der Waals surface area contributed by atoms with Crippen LogP contribution in [0.3, 0.4) is 0 Å². The first kappa shape index (κ1) is 19.6. The van der Waals surface area contributed by atoms with Gasteiger partial charge in [-0.05, 0) is 44.2 Å². The molecule has 3 saturated heterocycles. The molecule has 0 saturated carbocycles. The van der Waals surface area contributed by atoms with Crippen molar-refractivity contribution in [1.82, 2.24) is 14.7 Å². The van der Waals surface area contributed by atoms with Crippen LogP contribution >= 0.6 is 0 Å². The summed E-state index contributed by atoms with van der Waals surface area (Å²) in [6, 6.07) is 0. The van der Waals surface area contributed by atoms with Crippen LogP contribution in [0.5, 0.6) is 0 Å². The summed E-state index contributed by atoms with van der Waals surface area (Å²) in [4.78, 5) is 31.0. The van der Waals surface area contributed by atoms with Crippen LogP contribution in [-0.2, 0) is 14.3 Å². The number of hydrogen-bond donors (Lipinski definition) is 0. The second-order valence-corrected chi connectivity index (χ2v) is 8.49. The first-order valence-corrected chi connectivity index (χ1v) is 10.3. The molecule has 3 heterocycles. The molecule has 1 atom stereocenters. The highest BCUT2D eigenvalue weighted by Crippen LogP contribution is 2.44. The zero-order valence-corrected chi connectivity index (χ0v) is 16.5. The number of ether oxygens (including phenoxy) is 1. The fourth-order valence-electron chi connectivity index (χ4n) is 5.06. The van der Waals surface area contributed by atoms with Gasteiger partial charge in [-0.25, -0.2) is 0 Å². The first-order valence-electron chi connectivity index (χ1n) is 10.3. The molecule has 26 heavy (non-hydrogen) atoms.